The summed E-state index contributed by atoms with van der Waals surface area (Å²) in [6.07, 6.45) is 4.44. The molecule has 2 aromatic rings. The molecule has 2 rings (SSSR count). The van der Waals surface area contributed by atoms with Gasteiger partial charge in [-0.25, -0.2) is 20.2 Å². The van der Waals surface area contributed by atoms with Crippen LogP contribution in [0.3, 0.4) is 0 Å². The van der Waals surface area contributed by atoms with Crippen LogP contribution in [-0.4, -0.2) is 54.4 Å². The van der Waals surface area contributed by atoms with E-state index in [-0.39, 0.29) is 12.5 Å². The molecule has 0 aliphatic carbocycles. The van der Waals surface area contributed by atoms with E-state index in [0.29, 0.717) is 24.1 Å². The van der Waals surface area contributed by atoms with Gasteiger partial charge in [-0.15, -0.1) is 0 Å². The van der Waals surface area contributed by atoms with Gasteiger partial charge in [-0.05, 0) is 26.2 Å². The summed E-state index contributed by atoms with van der Waals surface area (Å²) < 4.78 is 6.74. The standard InChI is InChI=1S/C14H20N6O5/c1-9(13(22)23)18-19-14(24)25-6-4-2-3-5-20-8-17-10-11(20)15-7-16-12(10)21/h7-9,18H,2-6H2,1H3,(H,19,24)(H,22,23)(H,15,16,21). The van der Waals surface area contributed by atoms with E-state index in [9.17, 15) is 14.7 Å². The van der Waals surface area contributed by atoms with Gasteiger partial charge in [0.2, 0.25) is 5.88 Å². The lowest BCUT2D eigenvalue weighted by Gasteiger charge is -2.11. The molecule has 0 radical (unpaired) electrons. The maximum absolute atomic E-state index is 11.3. The van der Waals surface area contributed by atoms with E-state index >= 15 is 0 Å². The summed E-state index contributed by atoms with van der Waals surface area (Å²) in [5.74, 6) is -1.22. The van der Waals surface area contributed by atoms with Crippen LogP contribution in [0.25, 0.3) is 11.2 Å². The van der Waals surface area contributed by atoms with Crippen LogP contribution < -0.4 is 10.9 Å². The molecule has 1 unspecified atom stereocenters. The predicted octanol–water partition coefficient (Wildman–Crippen LogP) is 0.406. The monoisotopic (exact) mass is 352 g/mol. The molecular weight excluding hydrogens is 332 g/mol. The van der Waals surface area contributed by atoms with Crippen molar-refractivity contribution in [1.82, 2.24) is 30.4 Å². The first-order chi connectivity index (χ1) is 12.0. The van der Waals surface area contributed by atoms with Gasteiger partial charge in [0.15, 0.2) is 11.2 Å². The average Bonchev–Trinajstić information content (AvgIpc) is 3.00. The number of imidazole rings is 1. The van der Waals surface area contributed by atoms with Gasteiger partial charge in [0, 0.05) is 6.54 Å². The molecule has 11 heteroatoms. The quantitative estimate of drug-likeness (QED) is 0.371. The Morgan fingerprint density at radius 3 is 2.84 bits per heavy atom. The fraction of sp³-hybridized carbons (Fsp3) is 0.500. The van der Waals surface area contributed by atoms with Crippen molar-refractivity contribution < 1.29 is 24.5 Å². The Balaban J connectivity index is 1.61. The first-order valence-electron chi connectivity index (χ1n) is 7.75. The Hall–Kier alpha value is -2.95. The first kappa shape index (κ1) is 18.4. The molecule has 0 bridgehead atoms. The summed E-state index contributed by atoms with van der Waals surface area (Å²) in [6.45, 7) is 2.28. The maximum atomic E-state index is 11.3. The SMILES string of the molecule is CC(NNC(=O)OCCCCCn1cnc2c(O)ncnc21)C(=O)O. The molecule has 2 aromatic heterocycles. The van der Waals surface area contributed by atoms with Crippen LogP contribution in [0.1, 0.15) is 26.2 Å². The summed E-state index contributed by atoms with van der Waals surface area (Å²) in [6, 6.07) is -0.902. The van der Waals surface area contributed by atoms with Crippen molar-refractivity contribution in [1.29, 1.82) is 0 Å². The zero-order valence-corrected chi connectivity index (χ0v) is 13.7. The molecule has 0 saturated carbocycles. The second-order valence-corrected chi connectivity index (χ2v) is 5.33. The van der Waals surface area contributed by atoms with Crippen molar-refractivity contribution >= 4 is 23.2 Å². The van der Waals surface area contributed by atoms with Crippen molar-refractivity contribution in [3.05, 3.63) is 12.7 Å². The molecule has 0 saturated heterocycles. The molecule has 2 heterocycles. The van der Waals surface area contributed by atoms with Gasteiger partial charge in [-0.3, -0.25) is 10.2 Å². The lowest BCUT2D eigenvalue weighted by Crippen LogP contribution is -2.46. The highest BCUT2D eigenvalue weighted by Gasteiger charge is 2.11. The Bertz CT molecular complexity index is 734. The fourth-order valence-corrected chi connectivity index (χ4v) is 2.02. The molecule has 11 nitrogen and oxygen atoms in total. The van der Waals surface area contributed by atoms with E-state index in [1.54, 1.807) is 6.33 Å². The first-order valence-corrected chi connectivity index (χ1v) is 7.75. The number of carboxylic acids is 1. The van der Waals surface area contributed by atoms with Crippen molar-refractivity contribution in [3.63, 3.8) is 0 Å². The summed E-state index contributed by atoms with van der Waals surface area (Å²) >= 11 is 0. The van der Waals surface area contributed by atoms with Crippen molar-refractivity contribution in [2.45, 2.75) is 38.8 Å². The van der Waals surface area contributed by atoms with Crippen LogP contribution in [0.15, 0.2) is 12.7 Å². The zero-order chi connectivity index (χ0) is 18.2. The van der Waals surface area contributed by atoms with Crippen LogP contribution in [0, 0.1) is 0 Å². The number of carbonyl (C=O) groups excluding carboxylic acids is 1. The number of aliphatic carboxylic acids is 1. The second-order valence-electron chi connectivity index (χ2n) is 5.33. The Morgan fingerprint density at radius 2 is 2.08 bits per heavy atom. The van der Waals surface area contributed by atoms with Gasteiger partial charge >= 0.3 is 12.1 Å². The molecule has 0 spiro atoms. The lowest BCUT2D eigenvalue weighted by molar-refractivity contribution is -0.139. The summed E-state index contributed by atoms with van der Waals surface area (Å²) in [4.78, 5) is 33.7. The van der Waals surface area contributed by atoms with E-state index in [4.69, 9.17) is 9.84 Å². The minimum atomic E-state index is -1.08. The maximum Gasteiger partial charge on any atom is 0.421 e. The number of aromatic nitrogens is 4. The minimum Gasteiger partial charge on any atom is -0.492 e. The lowest BCUT2D eigenvalue weighted by atomic mass is 10.2. The number of nitrogens with zero attached hydrogens (tertiary/aromatic N) is 4. The Labute approximate surface area is 143 Å². The number of fused-ring (bicyclic) bond motifs is 1. The summed E-state index contributed by atoms with van der Waals surface area (Å²) in [5, 5.41) is 18.2. The number of aryl methyl sites for hydroxylation is 1. The molecule has 0 aliphatic rings. The van der Waals surface area contributed by atoms with Crippen LogP contribution in [0.4, 0.5) is 4.79 Å². The number of amides is 1. The molecule has 0 fully saturated rings. The van der Waals surface area contributed by atoms with Gasteiger partial charge in [0.25, 0.3) is 0 Å². The molecule has 1 atom stereocenters. The largest absolute Gasteiger partial charge is 0.492 e. The molecule has 4 N–H and O–H groups in total. The predicted molar refractivity (Wildman–Crippen MR) is 85.6 cm³/mol. The second kappa shape index (κ2) is 8.78. The number of nitrogens with one attached hydrogen (secondary N) is 2. The number of hydrazine groups is 1. The van der Waals surface area contributed by atoms with E-state index in [2.05, 4.69) is 25.8 Å². The van der Waals surface area contributed by atoms with Crippen LogP contribution in [0.2, 0.25) is 0 Å². The third kappa shape index (κ3) is 5.28. The van der Waals surface area contributed by atoms with E-state index < -0.39 is 18.1 Å². The van der Waals surface area contributed by atoms with Crippen LogP contribution in [-0.2, 0) is 16.1 Å². The van der Waals surface area contributed by atoms with E-state index in [1.165, 1.54) is 13.3 Å². The number of unbranched alkanes of at least 4 members (excludes halogenated alkanes) is 2. The van der Waals surface area contributed by atoms with Crippen molar-refractivity contribution in [3.8, 4) is 5.88 Å². The fourth-order valence-electron chi connectivity index (χ4n) is 2.02. The number of hydrogen-bond acceptors (Lipinski definition) is 8. The van der Waals surface area contributed by atoms with Crippen molar-refractivity contribution in [2.24, 2.45) is 0 Å². The topological polar surface area (TPSA) is 151 Å². The van der Waals surface area contributed by atoms with Crippen LogP contribution in [0.5, 0.6) is 5.88 Å². The summed E-state index contributed by atoms with van der Waals surface area (Å²) in [5.41, 5.74) is 5.40. The molecule has 0 aliphatic heterocycles. The number of carbonyl (C=O) groups is 2. The van der Waals surface area contributed by atoms with Gasteiger partial charge < -0.3 is 19.5 Å². The summed E-state index contributed by atoms with van der Waals surface area (Å²) in [7, 11) is 0. The highest BCUT2D eigenvalue weighted by molar-refractivity contribution is 5.75. The van der Waals surface area contributed by atoms with Crippen LogP contribution >= 0.6 is 0 Å². The molecule has 25 heavy (non-hydrogen) atoms. The van der Waals surface area contributed by atoms with Crippen molar-refractivity contribution in [2.75, 3.05) is 6.61 Å². The number of ether oxygens (including phenoxy) is 1. The number of rotatable bonds is 9. The van der Waals surface area contributed by atoms with Gasteiger partial charge in [-0.1, -0.05) is 0 Å². The number of hydrogen-bond donors (Lipinski definition) is 4. The van der Waals surface area contributed by atoms with E-state index in [1.807, 2.05) is 4.57 Å². The Kier molecular flexibility index (Phi) is 6.46. The number of carboxylic acid groups (broad SMARTS) is 1. The van der Waals surface area contributed by atoms with Gasteiger partial charge in [-0.2, -0.15) is 4.98 Å². The normalized spacial score (nSPS) is 12.0. The highest BCUT2D eigenvalue weighted by Crippen LogP contribution is 2.17. The number of aromatic hydroxyl groups is 1. The molecule has 136 valence electrons. The average molecular weight is 352 g/mol. The zero-order valence-electron chi connectivity index (χ0n) is 13.7. The minimum absolute atomic E-state index is 0.144. The molecule has 1 amide bonds. The molecule has 0 aromatic carbocycles. The van der Waals surface area contributed by atoms with Gasteiger partial charge in [0.05, 0.1) is 12.9 Å². The Morgan fingerprint density at radius 1 is 1.28 bits per heavy atom. The third-order valence-corrected chi connectivity index (χ3v) is 3.42. The smallest absolute Gasteiger partial charge is 0.421 e. The highest BCUT2D eigenvalue weighted by atomic mass is 16.6. The van der Waals surface area contributed by atoms with Gasteiger partial charge in [0.1, 0.15) is 12.4 Å². The third-order valence-electron chi connectivity index (χ3n) is 3.42. The molecular formula is C14H20N6O5. The van der Waals surface area contributed by atoms with E-state index in [0.717, 1.165) is 12.8 Å².